The van der Waals surface area contributed by atoms with E-state index in [0.29, 0.717) is 12.2 Å². The summed E-state index contributed by atoms with van der Waals surface area (Å²) in [6, 6.07) is 4.28. The van der Waals surface area contributed by atoms with Gasteiger partial charge in [-0.2, -0.15) is 5.10 Å². The van der Waals surface area contributed by atoms with Gasteiger partial charge in [0.1, 0.15) is 18.3 Å². The van der Waals surface area contributed by atoms with Crippen molar-refractivity contribution in [3.8, 4) is 5.69 Å². The van der Waals surface area contributed by atoms with Gasteiger partial charge in [0, 0.05) is 18.7 Å². The number of carbonyl (C=O) groups excluding carboxylic acids is 2. The minimum atomic E-state index is -0.529. The van der Waals surface area contributed by atoms with Gasteiger partial charge in [-0.05, 0) is 18.2 Å². The number of halogens is 1. The van der Waals surface area contributed by atoms with Crippen LogP contribution in [0.1, 0.15) is 6.42 Å². The molecular formula is C13H12FN5O2. The molecule has 2 N–H and O–H groups in total. The highest BCUT2D eigenvalue weighted by Crippen LogP contribution is 2.19. The van der Waals surface area contributed by atoms with Crippen LogP contribution in [-0.2, 0) is 9.59 Å². The number of nitrogens with zero attached hydrogens (tertiary/aromatic N) is 3. The van der Waals surface area contributed by atoms with Gasteiger partial charge >= 0.3 is 0 Å². The van der Waals surface area contributed by atoms with E-state index < -0.39 is 11.7 Å². The van der Waals surface area contributed by atoms with Crippen LogP contribution in [0, 0.1) is 11.7 Å². The van der Waals surface area contributed by atoms with E-state index in [4.69, 9.17) is 0 Å². The Bertz CT molecular complexity index is 686. The van der Waals surface area contributed by atoms with E-state index in [-0.39, 0.29) is 23.9 Å². The Morgan fingerprint density at radius 1 is 1.48 bits per heavy atom. The summed E-state index contributed by atoms with van der Waals surface area (Å²) >= 11 is 0. The monoisotopic (exact) mass is 289 g/mol. The zero-order chi connectivity index (χ0) is 14.8. The summed E-state index contributed by atoms with van der Waals surface area (Å²) in [5.74, 6) is -1.40. The highest BCUT2D eigenvalue weighted by molar-refractivity contribution is 5.97. The first-order chi connectivity index (χ1) is 10.1. The third-order valence-corrected chi connectivity index (χ3v) is 3.23. The van der Waals surface area contributed by atoms with E-state index in [0.717, 1.165) is 0 Å². The highest BCUT2D eigenvalue weighted by Gasteiger charge is 2.27. The molecule has 0 spiro atoms. The predicted molar refractivity (Wildman–Crippen MR) is 71.1 cm³/mol. The van der Waals surface area contributed by atoms with Gasteiger partial charge < -0.3 is 10.6 Å². The van der Waals surface area contributed by atoms with Gasteiger partial charge in [0.2, 0.25) is 11.8 Å². The molecule has 1 unspecified atom stereocenters. The molecule has 2 aromatic rings. The number of carbonyl (C=O) groups is 2. The lowest BCUT2D eigenvalue weighted by molar-refractivity contribution is -0.123. The van der Waals surface area contributed by atoms with Gasteiger partial charge in [-0.1, -0.05) is 0 Å². The SMILES string of the molecule is O=C1CC(C(=O)Nc2ccc(-n3cncn3)c(F)c2)CN1. The van der Waals surface area contributed by atoms with Crippen molar-refractivity contribution in [3.05, 3.63) is 36.7 Å². The van der Waals surface area contributed by atoms with E-state index >= 15 is 0 Å². The van der Waals surface area contributed by atoms with Crippen LogP contribution in [0.15, 0.2) is 30.9 Å². The minimum Gasteiger partial charge on any atom is -0.355 e. The fourth-order valence-electron chi connectivity index (χ4n) is 2.14. The fourth-order valence-corrected chi connectivity index (χ4v) is 2.14. The van der Waals surface area contributed by atoms with Gasteiger partial charge in [-0.25, -0.2) is 14.1 Å². The number of rotatable bonds is 3. The normalized spacial score (nSPS) is 17.6. The molecule has 2 amide bonds. The van der Waals surface area contributed by atoms with Crippen LogP contribution in [0.25, 0.3) is 5.69 Å². The first kappa shape index (κ1) is 13.2. The van der Waals surface area contributed by atoms with Crippen LogP contribution >= 0.6 is 0 Å². The standard InChI is InChI=1S/C13H12FN5O2/c14-10-4-9(1-2-11(10)19-7-15-6-17-19)18-13(21)8-3-12(20)16-5-8/h1-2,4,6-8H,3,5H2,(H,16,20)(H,18,21). The Balaban J connectivity index is 1.73. The number of nitrogens with one attached hydrogen (secondary N) is 2. The molecule has 1 saturated heterocycles. The number of hydrogen-bond acceptors (Lipinski definition) is 4. The van der Waals surface area contributed by atoms with Gasteiger partial charge in [0.15, 0.2) is 5.82 Å². The molecule has 1 atom stereocenters. The Morgan fingerprint density at radius 3 is 2.95 bits per heavy atom. The first-order valence-electron chi connectivity index (χ1n) is 6.35. The molecule has 1 fully saturated rings. The molecule has 1 aromatic heterocycles. The summed E-state index contributed by atoms with van der Waals surface area (Å²) in [7, 11) is 0. The van der Waals surface area contributed by atoms with Crippen LogP contribution in [0.2, 0.25) is 0 Å². The fraction of sp³-hybridized carbons (Fsp3) is 0.231. The summed E-state index contributed by atoms with van der Waals surface area (Å²) in [5, 5.41) is 9.03. The van der Waals surface area contributed by atoms with Crippen LogP contribution in [0.3, 0.4) is 0 Å². The minimum absolute atomic E-state index is 0.150. The molecule has 1 aromatic carbocycles. The summed E-state index contributed by atoms with van der Waals surface area (Å²) in [5.41, 5.74) is 0.573. The van der Waals surface area contributed by atoms with Crippen LogP contribution in [-0.4, -0.2) is 33.1 Å². The Labute approximate surface area is 119 Å². The molecule has 7 nitrogen and oxygen atoms in total. The molecule has 21 heavy (non-hydrogen) atoms. The molecule has 0 aliphatic carbocycles. The molecule has 3 rings (SSSR count). The molecule has 1 aliphatic heterocycles. The Kier molecular flexibility index (Phi) is 3.35. The third kappa shape index (κ3) is 2.73. The topological polar surface area (TPSA) is 88.9 Å². The zero-order valence-corrected chi connectivity index (χ0v) is 10.9. The largest absolute Gasteiger partial charge is 0.355 e. The molecular weight excluding hydrogens is 277 g/mol. The van der Waals surface area contributed by atoms with E-state index in [1.54, 1.807) is 6.07 Å². The molecule has 1 aliphatic rings. The Hall–Kier alpha value is -2.77. The average molecular weight is 289 g/mol. The maximum absolute atomic E-state index is 14.0. The summed E-state index contributed by atoms with van der Waals surface area (Å²) < 4.78 is 15.3. The predicted octanol–water partition coefficient (Wildman–Crippen LogP) is 0.481. The van der Waals surface area contributed by atoms with E-state index in [2.05, 4.69) is 20.7 Å². The van der Waals surface area contributed by atoms with E-state index in [9.17, 15) is 14.0 Å². The average Bonchev–Trinajstić information content (AvgIpc) is 3.10. The lowest BCUT2D eigenvalue weighted by Gasteiger charge is -2.10. The smallest absolute Gasteiger partial charge is 0.229 e. The second-order valence-electron chi connectivity index (χ2n) is 4.70. The second-order valence-corrected chi connectivity index (χ2v) is 4.70. The summed E-state index contributed by atoms with van der Waals surface area (Å²) in [6.07, 6.45) is 2.84. The van der Waals surface area contributed by atoms with Crippen molar-refractivity contribution in [2.24, 2.45) is 5.92 Å². The van der Waals surface area contributed by atoms with Crippen molar-refractivity contribution in [1.29, 1.82) is 0 Å². The summed E-state index contributed by atoms with van der Waals surface area (Å²) in [6.45, 7) is 0.310. The third-order valence-electron chi connectivity index (χ3n) is 3.23. The quantitative estimate of drug-likeness (QED) is 0.860. The van der Waals surface area contributed by atoms with Crippen LogP contribution in [0.5, 0.6) is 0 Å². The van der Waals surface area contributed by atoms with Crippen molar-refractivity contribution in [2.75, 3.05) is 11.9 Å². The van der Waals surface area contributed by atoms with Gasteiger partial charge in [0.05, 0.1) is 5.92 Å². The lowest BCUT2D eigenvalue weighted by Crippen LogP contribution is -2.24. The maximum atomic E-state index is 14.0. The van der Waals surface area contributed by atoms with Crippen LogP contribution in [0.4, 0.5) is 10.1 Å². The Morgan fingerprint density at radius 2 is 2.33 bits per heavy atom. The molecule has 0 radical (unpaired) electrons. The number of hydrogen-bond donors (Lipinski definition) is 2. The van der Waals surface area contributed by atoms with Gasteiger partial charge in [-0.15, -0.1) is 0 Å². The van der Waals surface area contributed by atoms with Crippen molar-refractivity contribution in [2.45, 2.75) is 6.42 Å². The summed E-state index contributed by atoms with van der Waals surface area (Å²) in [4.78, 5) is 26.8. The van der Waals surface area contributed by atoms with E-state index in [1.807, 2.05) is 0 Å². The van der Waals surface area contributed by atoms with Gasteiger partial charge in [0.25, 0.3) is 0 Å². The number of benzene rings is 1. The lowest BCUT2D eigenvalue weighted by atomic mass is 10.1. The molecule has 0 saturated carbocycles. The van der Waals surface area contributed by atoms with E-state index in [1.165, 1.54) is 29.5 Å². The number of anilines is 1. The number of amides is 2. The molecule has 2 heterocycles. The van der Waals surface area contributed by atoms with Crippen molar-refractivity contribution in [3.63, 3.8) is 0 Å². The molecule has 0 bridgehead atoms. The highest BCUT2D eigenvalue weighted by atomic mass is 19.1. The van der Waals surface area contributed by atoms with Crippen LogP contribution < -0.4 is 10.6 Å². The maximum Gasteiger partial charge on any atom is 0.229 e. The molecule has 8 heteroatoms. The molecule has 108 valence electrons. The first-order valence-corrected chi connectivity index (χ1v) is 6.35. The van der Waals surface area contributed by atoms with Crippen molar-refractivity contribution >= 4 is 17.5 Å². The van der Waals surface area contributed by atoms with Gasteiger partial charge in [-0.3, -0.25) is 9.59 Å². The van der Waals surface area contributed by atoms with Crippen molar-refractivity contribution < 1.29 is 14.0 Å². The van der Waals surface area contributed by atoms with Crippen molar-refractivity contribution in [1.82, 2.24) is 20.1 Å². The zero-order valence-electron chi connectivity index (χ0n) is 10.9. The second kappa shape index (κ2) is 5.31. The number of aromatic nitrogens is 3.